The van der Waals surface area contributed by atoms with Crippen molar-refractivity contribution in [2.75, 3.05) is 26.2 Å². The van der Waals surface area contributed by atoms with Crippen LogP contribution in [0.15, 0.2) is 30.4 Å². The van der Waals surface area contributed by atoms with Crippen LogP contribution in [0, 0.1) is 5.82 Å². The van der Waals surface area contributed by atoms with Gasteiger partial charge in [0, 0.05) is 32.2 Å². The molecule has 0 saturated carbocycles. The largest absolute Gasteiger partial charge is 0.419 e. The number of alkyl halides is 3. The molecular weight excluding hydrogens is 367 g/mol. The van der Waals surface area contributed by atoms with Crippen LogP contribution in [0.1, 0.15) is 30.5 Å². The average Bonchev–Trinajstić information content (AvgIpc) is 2.44. The van der Waals surface area contributed by atoms with Gasteiger partial charge >= 0.3 is 6.18 Å². The second-order valence-electron chi connectivity index (χ2n) is 5.70. The summed E-state index contributed by atoms with van der Waals surface area (Å²) in [7, 11) is 0. The Kier molecular flexibility index (Phi) is 9.28. The van der Waals surface area contributed by atoms with E-state index in [1.807, 2.05) is 6.92 Å². The van der Waals surface area contributed by atoms with Crippen LogP contribution in [0.3, 0.4) is 0 Å². The first-order valence-electron chi connectivity index (χ1n) is 7.25. The summed E-state index contributed by atoms with van der Waals surface area (Å²) in [6, 6.07) is 3.08. The van der Waals surface area contributed by atoms with E-state index in [2.05, 4.69) is 16.8 Å². The van der Waals surface area contributed by atoms with Gasteiger partial charge in [-0.3, -0.25) is 4.90 Å². The molecular formula is C16H22Cl2F4N2. The molecule has 0 spiro atoms. The zero-order valence-electron chi connectivity index (χ0n) is 13.3. The van der Waals surface area contributed by atoms with E-state index in [4.69, 9.17) is 0 Å². The lowest BCUT2D eigenvalue weighted by Gasteiger charge is -2.35. The molecule has 8 heteroatoms. The van der Waals surface area contributed by atoms with Crippen molar-refractivity contribution in [1.82, 2.24) is 10.2 Å². The van der Waals surface area contributed by atoms with E-state index in [0.29, 0.717) is 12.0 Å². The van der Waals surface area contributed by atoms with Gasteiger partial charge in [0.25, 0.3) is 0 Å². The number of nitrogens with one attached hydrogen (secondary N) is 1. The Hall–Kier alpha value is -0.820. The second-order valence-corrected chi connectivity index (χ2v) is 5.70. The number of hydrogen-bond acceptors (Lipinski definition) is 2. The van der Waals surface area contributed by atoms with E-state index in [1.54, 1.807) is 0 Å². The second kappa shape index (κ2) is 9.61. The van der Waals surface area contributed by atoms with Crippen molar-refractivity contribution in [1.29, 1.82) is 0 Å². The Morgan fingerprint density at radius 3 is 2.29 bits per heavy atom. The number of nitrogens with zero attached hydrogens (tertiary/aromatic N) is 1. The fraction of sp³-hybridized carbons (Fsp3) is 0.500. The molecule has 0 bridgehead atoms. The zero-order chi connectivity index (χ0) is 16.3. The summed E-state index contributed by atoms with van der Waals surface area (Å²) >= 11 is 0. The van der Waals surface area contributed by atoms with Gasteiger partial charge in [-0.15, -0.1) is 31.4 Å². The molecule has 24 heavy (non-hydrogen) atoms. The molecule has 1 heterocycles. The Labute approximate surface area is 152 Å². The first-order valence-corrected chi connectivity index (χ1v) is 7.25. The third-order valence-electron chi connectivity index (χ3n) is 3.82. The minimum atomic E-state index is -4.67. The fourth-order valence-corrected chi connectivity index (χ4v) is 2.75. The maximum atomic E-state index is 13.8. The lowest BCUT2D eigenvalue weighted by molar-refractivity contribution is -0.140. The van der Waals surface area contributed by atoms with Crippen molar-refractivity contribution in [3.8, 4) is 0 Å². The first-order chi connectivity index (χ1) is 10.3. The van der Waals surface area contributed by atoms with E-state index >= 15 is 0 Å². The molecule has 0 aromatic heterocycles. The van der Waals surface area contributed by atoms with Crippen molar-refractivity contribution in [2.24, 2.45) is 0 Å². The highest BCUT2D eigenvalue weighted by Gasteiger charge is 2.34. The number of halogens is 6. The van der Waals surface area contributed by atoms with Gasteiger partial charge in [-0.25, -0.2) is 4.39 Å². The molecule has 0 unspecified atom stereocenters. The minimum Gasteiger partial charge on any atom is -0.314 e. The predicted octanol–water partition coefficient (Wildman–Crippen LogP) is 4.60. The van der Waals surface area contributed by atoms with Crippen LogP contribution in [0.2, 0.25) is 0 Å². The third-order valence-corrected chi connectivity index (χ3v) is 3.82. The highest BCUT2D eigenvalue weighted by Crippen LogP contribution is 2.34. The number of benzene rings is 1. The highest BCUT2D eigenvalue weighted by molar-refractivity contribution is 5.85. The van der Waals surface area contributed by atoms with Crippen molar-refractivity contribution in [2.45, 2.75) is 25.6 Å². The van der Waals surface area contributed by atoms with Crippen molar-refractivity contribution in [3.63, 3.8) is 0 Å². The molecule has 1 atom stereocenters. The van der Waals surface area contributed by atoms with Crippen LogP contribution in [0.4, 0.5) is 17.6 Å². The summed E-state index contributed by atoms with van der Waals surface area (Å²) in [5.41, 5.74) is 0.268. The number of hydrogen-bond donors (Lipinski definition) is 1. The third kappa shape index (κ3) is 5.92. The Morgan fingerprint density at radius 2 is 1.83 bits per heavy atom. The van der Waals surface area contributed by atoms with E-state index in [0.717, 1.165) is 43.9 Å². The molecule has 1 saturated heterocycles. The van der Waals surface area contributed by atoms with E-state index in [9.17, 15) is 17.6 Å². The SMILES string of the molecule is C=C(C)C[C@@H](c1ccc(C(F)(F)F)c(F)c1)N1CCNCC1.Cl.Cl. The topological polar surface area (TPSA) is 15.3 Å². The Balaban J connectivity index is 0.00000264. The summed E-state index contributed by atoms with van der Waals surface area (Å²) in [5.74, 6) is -1.22. The van der Waals surface area contributed by atoms with Crippen molar-refractivity contribution in [3.05, 3.63) is 47.3 Å². The normalized spacial score (nSPS) is 16.7. The van der Waals surface area contributed by atoms with Crippen LogP contribution >= 0.6 is 24.8 Å². The summed E-state index contributed by atoms with van der Waals surface area (Å²) in [4.78, 5) is 2.16. The van der Waals surface area contributed by atoms with Gasteiger partial charge in [0.2, 0.25) is 0 Å². The summed E-state index contributed by atoms with van der Waals surface area (Å²) in [5, 5.41) is 3.23. The molecule has 1 aromatic carbocycles. The Morgan fingerprint density at radius 1 is 1.25 bits per heavy atom. The lowest BCUT2D eigenvalue weighted by Crippen LogP contribution is -2.45. The van der Waals surface area contributed by atoms with E-state index in [-0.39, 0.29) is 30.9 Å². The van der Waals surface area contributed by atoms with Gasteiger partial charge < -0.3 is 5.32 Å². The van der Waals surface area contributed by atoms with Crippen LogP contribution in [0.25, 0.3) is 0 Å². The van der Waals surface area contributed by atoms with Crippen molar-refractivity contribution < 1.29 is 17.6 Å². The molecule has 138 valence electrons. The van der Waals surface area contributed by atoms with Gasteiger partial charge in [-0.1, -0.05) is 11.6 Å². The van der Waals surface area contributed by atoms with Crippen LogP contribution < -0.4 is 5.32 Å². The average molecular weight is 389 g/mol. The molecule has 0 aliphatic carbocycles. The van der Waals surface area contributed by atoms with Gasteiger partial charge in [-0.05, 0) is 31.0 Å². The lowest BCUT2D eigenvalue weighted by atomic mass is 9.96. The molecule has 1 aromatic rings. The number of piperazine rings is 1. The summed E-state index contributed by atoms with van der Waals surface area (Å²) in [6.45, 7) is 8.94. The van der Waals surface area contributed by atoms with Crippen LogP contribution in [-0.2, 0) is 6.18 Å². The summed E-state index contributed by atoms with van der Waals surface area (Å²) in [6.07, 6.45) is -4.06. The quantitative estimate of drug-likeness (QED) is 0.598. The van der Waals surface area contributed by atoms with Crippen LogP contribution in [0.5, 0.6) is 0 Å². The van der Waals surface area contributed by atoms with E-state index in [1.165, 1.54) is 6.07 Å². The molecule has 0 amide bonds. The monoisotopic (exact) mass is 388 g/mol. The molecule has 1 fully saturated rings. The minimum absolute atomic E-state index is 0. The maximum absolute atomic E-state index is 13.8. The standard InChI is InChI=1S/C16H20F4N2.2ClH/c1-11(2)9-15(22-7-5-21-6-8-22)12-3-4-13(14(17)10-12)16(18,19)20;;/h3-4,10,15,21H,1,5-9H2,2H3;2*1H/t15-;;/m0../s1. The first kappa shape index (κ1) is 23.2. The fourth-order valence-electron chi connectivity index (χ4n) is 2.75. The molecule has 1 N–H and O–H groups in total. The summed E-state index contributed by atoms with van der Waals surface area (Å²) < 4.78 is 51.9. The Bertz CT molecular complexity index is 543. The van der Waals surface area contributed by atoms with Gasteiger partial charge in [-0.2, -0.15) is 13.2 Å². The van der Waals surface area contributed by atoms with Crippen LogP contribution in [-0.4, -0.2) is 31.1 Å². The zero-order valence-corrected chi connectivity index (χ0v) is 15.0. The van der Waals surface area contributed by atoms with Gasteiger partial charge in [0.15, 0.2) is 0 Å². The highest BCUT2D eigenvalue weighted by atomic mass is 35.5. The molecule has 2 nitrogen and oxygen atoms in total. The molecule has 2 rings (SSSR count). The van der Waals surface area contributed by atoms with Gasteiger partial charge in [0.05, 0.1) is 5.56 Å². The maximum Gasteiger partial charge on any atom is 0.419 e. The molecule has 0 radical (unpaired) electrons. The number of rotatable bonds is 4. The van der Waals surface area contributed by atoms with Crippen molar-refractivity contribution >= 4 is 24.8 Å². The smallest absolute Gasteiger partial charge is 0.314 e. The molecule has 1 aliphatic heterocycles. The predicted molar refractivity (Wildman–Crippen MR) is 92.5 cm³/mol. The van der Waals surface area contributed by atoms with E-state index < -0.39 is 17.6 Å². The molecule has 1 aliphatic rings. The van der Waals surface area contributed by atoms with Gasteiger partial charge in [0.1, 0.15) is 5.82 Å².